The first kappa shape index (κ1) is 12.9. The standard InChI is InChI=1S/C15H20F2N2/c16-12-7-13(17)9-14(8-12)19-6-2-4-15(11-19)3-1-5-18-10-15/h7-9,18H,1-6,10-11H2. The van der Waals surface area contributed by atoms with Gasteiger partial charge in [-0.1, -0.05) is 0 Å². The van der Waals surface area contributed by atoms with E-state index >= 15 is 0 Å². The summed E-state index contributed by atoms with van der Waals surface area (Å²) in [5.74, 6) is -0.979. The molecule has 1 N–H and O–H groups in total. The van der Waals surface area contributed by atoms with Crippen LogP contribution in [-0.4, -0.2) is 26.2 Å². The predicted octanol–water partition coefficient (Wildman–Crippen LogP) is 2.93. The van der Waals surface area contributed by atoms with E-state index in [0.29, 0.717) is 11.1 Å². The molecule has 0 amide bonds. The van der Waals surface area contributed by atoms with E-state index < -0.39 is 11.6 Å². The fourth-order valence-electron chi connectivity index (χ4n) is 3.53. The van der Waals surface area contributed by atoms with Gasteiger partial charge in [-0.3, -0.25) is 0 Å². The quantitative estimate of drug-likeness (QED) is 0.840. The molecule has 0 aliphatic carbocycles. The molecule has 2 aliphatic heterocycles. The van der Waals surface area contributed by atoms with E-state index in [1.54, 1.807) is 0 Å². The molecule has 2 nitrogen and oxygen atoms in total. The number of hydrogen-bond acceptors (Lipinski definition) is 2. The van der Waals surface area contributed by atoms with Crippen molar-refractivity contribution in [3.63, 3.8) is 0 Å². The van der Waals surface area contributed by atoms with Gasteiger partial charge in [0.1, 0.15) is 11.6 Å². The van der Waals surface area contributed by atoms with Gasteiger partial charge in [0.2, 0.25) is 0 Å². The summed E-state index contributed by atoms with van der Waals surface area (Å²) < 4.78 is 26.7. The molecular weight excluding hydrogens is 246 g/mol. The first-order valence-electron chi connectivity index (χ1n) is 7.09. The van der Waals surface area contributed by atoms with Crippen molar-refractivity contribution >= 4 is 5.69 Å². The highest BCUT2D eigenvalue weighted by atomic mass is 19.1. The monoisotopic (exact) mass is 266 g/mol. The first-order chi connectivity index (χ1) is 9.17. The average Bonchev–Trinajstić information content (AvgIpc) is 2.38. The zero-order valence-electron chi connectivity index (χ0n) is 11.1. The Bertz CT molecular complexity index is 430. The summed E-state index contributed by atoms with van der Waals surface area (Å²) >= 11 is 0. The number of nitrogens with zero attached hydrogens (tertiary/aromatic N) is 1. The van der Waals surface area contributed by atoms with Crippen molar-refractivity contribution in [3.05, 3.63) is 29.8 Å². The van der Waals surface area contributed by atoms with Gasteiger partial charge in [-0.2, -0.15) is 0 Å². The van der Waals surface area contributed by atoms with Crippen LogP contribution in [-0.2, 0) is 0 Å². The van der Waals surface area contributed by atoms with Gasteiger partial charge in [0, 0.05) is 36.8 Å². The normalized spacial score (nSPS) is 27.8. The molecule has 104 valence electrons. The molecule has 0 radical (unpaired) electrons. The lowest BCUT2D eigenvalue weighted by Crippen LogP contribution is -2.51. The number of hydrogen-bond donors (Lipinski definition) is 1. The van der Waals surface area contributed by atoms with E-state index in [4.69, 9.17) is 0 Å². The number of anilines is 1. The third-order valence-corrected chi connectivity index (χ3v) is 4.43. The van der Waals surface area contributed by atoms with Crippen LogP contribution < -0.4 is 10.2 Å². The minimum Gasteiger partial charge on any atom is -0.371 e. The van der Waals surface area contributed by atoms with Crippen LogP contribution in [0.15, 0.2) is 18.2 Å². The van der Waals surface area contributed by atoms with E-state index in [0.717, 1.165) is 38.7 Å². The second kappa shape index (κ2) is 5.08. The largest absolute Gasteiger partial charge is 0.371 e. The lowest BCUT2D eigenvalue weighted by Gasteiger charge is -2.46. The zero-order chi connectivity index (χ0) is 13.3. The van der Waals surface area contributed by atoms with Gasteiger partial charge < -0.3 is 10.2 Å². The zero-order valence-corrected chi connectivity index (χ0v) is 11.1. The highest BCUT2D eigenvalue weighted by Gasteiger charge is 2.36. The molecule has 2 heterocycles. The summed E-state index contributed by atoms with van der Waals surface area (Å²) in [6.45, 7) is 3.92. The van der Waals surface area contributed by atoms with Crippen LogP contribution in [0.25, 0.3) is 0 Å². The molecule has 1 spiro atoms. The number of piperidine rings is 2. The molecule has 2 fully saturated rings. The third-order valence-electron chi connectivity index (χ3n) is 4.43. The topological polar surface area (TPSA) is 15.3 Å². The van der Waals surface area contributed by atoms with E-state index in [-0.39, 0.29) is 0 Å². The summed E-state index contributed by atoms with van der Waals surface area (Å²) in [6, 6.07) is 3.82. The molecule has 2 aliphatic rings. The van der Waals surface area contributed by atoms with Gasteiger partial charge in [-0.15, -0.1) is 0 Å². The fraction of sp³-hybridized carbons (Fsp3) is 0.600. The SMILES string of the molecule is Fc1cc(F)cc(N2CCCC3(CCCNC3)C2)c1. The molecule has 0 aromatic heterocycles. The molecular formula is C15H20F2N2. The molecule has 1 atom stereocenters. The van der Waals surface area contributed by atoms with Gasteiger partial charge in [0.25, 0.3) is 0 Å². The molecule has 3 rings (SSSR count). The first-order valence-corrected chi connectivity index (χ1v) is 7.09. The molecule has 0 saturated carbocycles. The number of benzene rings is 1. The van der Waals surface area contributed by atoms with E-state index in [2.05, 4.69) is 10.2 Å². The van der Waals surface area contributed by atoms with E-state index in [9.17, 15) is 8.78 Å². The van der Waals surface area contributed by atoms with Crippen molar-refractivity contribution in [2.45, 2.75) is 25.7 Å². The van der Waals surface area contributed by atoms with Crippen LogP contribution in [0.2, 0.25) is 0 Å². The molecule has 2 saturated heterocycles. The minimum absolute atomic E-state index is 0.291. The number of nitrogens with one attached hydrogen (secondary N) is 1. The molecule has 1 unspecified atom stereocenters. The van der Waals surface area contributed by atoms with Crippen molar-refractivity contribution in [2.75, 3.05) is 31.1 Å². The summed E-state index contributed by atoms with van der Waals surface area (Å²) in [5.41, 5.74) is 0.974. The third kappa shape index (κ3) is 2.73. The molecule has 19 heavy (non-hydrogen) atoms. The molecule has 0 bridgehead atoms. The fourth-order valence-corrected chi connectivity index (χ4v) is 3.53. The van der Waals surface area contributed by atoms with Gasteiger partial charge in [0.05, 0.1) is 0 Å². The highest BCUT2D eigenvalue weighted by Crippen LogP contribution is 2.37. The summed E-state index contributed by atoms with van der Waals surface area (Å²) in [5, 5.41) is 3.47. The Kier molecular flexibility index (Phi) is 3.44. The van der Waals surface area contributed by atoms with Crippen LogP contribution in [0, 0.1) is 17.0 Å². The average molecular weight is 266 g/mol. The van der Waals surface area contributed by atoms with Crippen LogP contribution in [0.4, 0.5) is 14.5 Å². The van der Waals surface area contributed by atoms with Gasteiger partial charge >= 0.3 is 0 Å². The maximum Gasteiger partial charge on any atom is 0.128 e. The van der Waals surface area contributed by atoms with Crippen molar-refractivity contribution in [1.29, 1.82) is 0 Å². The smallest absolute Gasteiger partial charge is 0.128 e. The second-order valence-corrected chi connectivity index (χ2v) is 5.93. The lowest BCUT2D eigenvalue weighted by atomic mass is 9.74. The Hall–Kier alpha value is -1.16. The second-order valence-electron chi connectivity index (χ2n) is 5.93. The van der Waals surface area contributed by atoms with Crippen LogP contribution >= 0.6 is 0 Å². The van der Waals surface area contributed by atoms with Gasteiger partial charge in [-0.05, 0) is 44.4 Å². The Morgan fingerprint density at radius 1 is 1.05 bits per heavy atom. The van der Waals surface area contributed by atoms with Crippen LogP contribution in [0.5, 0.6) is 0 Å². The van der Waals surface area contributed by atoms with E-state index in [1.165, 1.54) is 31.4 Å². The van der Waals surface area contributed by atoms with Gasteiger partial charge in [-0.25, -0.2) is 8.78 Å². The van der Waals surface area contributed by atoms with Crippen molar-refractivity contribution in [2.24, 2.45) is 5.41 Å². The van der Waals surface area contributed by atoms with E-state index in [1.807, 2.05) is 0 Å². The van der Waals surface area contributed by atoms with Crippen LogP contribution in [0.3, 0.4) is 0 Å². The minimum atomic E-state index is -0.489. The summed E-state index contributed by atoms with van der Waals surface area (Å²) in [4.78, 5) is 2.14. The van der Waals surface area contributed by atoms with Gasteiger partial charge in [0.15, 0.2) is 0 Å². The van der Waals surface area contributed by atoms with Crippen molar-refractivity contribution < 1.29 is 8.78 Å². The maximum atomic E-state index is 13.3. The molecule has 4 heteroatoms. The number of halogens is 2. The Balaban J connectivity index is 1.80. The Morgan fingerprint density at radius 2 is 1.79 bits per heavy atom. The predicted molar refractivity (Wildman–Crippen MR) is 72.3 cm³/mol. The number of rotatable bonds is 1. The maximum absolute atomic E-state index is 13.3. The Labute approximate surface area is 112 Å². The Morgan fingerprint density at radius 3 is 2.47 bits per heavy atom. The molecule has 1 aromatic rings. The van der Waals surface area contributed by atoms with Crippen molar-refractivity contribution in [3.8, 4) is 0 Å². The molecule has 1 aromatic carbocycles. The summed E-state index contributed by atoms with van der Waals surface area (Å²) in [6.07, 6.45) is 4.73. The lowest BCUT2D eigenvalue weighted by molar-refractivity contribution is 0.173. The highest BCUT2D eigenvalue weighted by molar-refractivity contribution is 5.47. The van der Waals surface area contributed by atoms with Crippen LogP contribution in [0.1, 0.15) is 25.7 Å². The van der Waals surface area contributed by atoms with Crippen molar-refractivity contribution in [1.82, 2.24) is 5.32 Å². The summed E-state index contributed by atoms with van der Waals surface area (Å²) in [7, 11) is 0.